The van der Waals surface area contributed by atoms with Gasteiger partial charge in [-0.1, -0.05) is 35.9 Å². The molecule has 30 heavy (non-hydrogen) atoms. The summed E-state index contributed by atoms with van der Waals surface area (Å²) in [6.07, 6.45) is -0.413. The number of halogens is 2. The van der Waals surface area contributed by atoms with Crippen LogP contribution in [0.2, 0.25) is 5.02 Å². The lowest BCUT2D eigenvalue weighted by molar-refractivity contribution is -0.146. The van der Waals surface area contributed by atoms with Gasteiger partial charge in [-0.2, -0.15) is 0 Å². The summed E-state index contributed by atoms with van der Waals surface area (Å²) in [6, 6.07) is 13.0. The van der Waals surface area contributed by atoms with Crippen molar-refractivity contribution in [3.63, 3.8) is 0 Å². The Labute approximate surface area is 176 Å². The number of hydrogen-bond donors (Lipinski definition) is 1. The van der Waals surface area contributed by atoms with Crippen molar-refractivity contribution >= 4 is 29.2 Å². The van der Waals surface area contributed by atoms with E-state index in [0.29, 0.717) is 11.4 Å². The van der Waals surface area contributed by atoms with E-state index in [1.807, 2.05) is 6.07 Å². The summed E-state index contributed by atoms with van der Waals surface area (Å²) >= 11 is 5.88. The summed E-state index contributed by atoms with van der Waals surface area (Å²) in [4.78, 5) is 36.9. The van der Waals surface area contributed by atoms with E-state index in [-0.39, 0.29) is 16.3 Å². The molecule has 1 N–H and O–H groups in total. The molecule has 0 saturated heterocycles. The summed E-state index contributed by atoms with van der Waals surface area (Å²) in [5.41, 5.74) is 0.830. The highest BCUT2D eigenvalue weighted by molar-refractivity contribution is 6.31. The van der Waals surface area contributed by atoms with Crippen LogP contribution in [0.1, 0.15) is 11.3 Å². The molecule has 7 nitrogen and oxygen atoms in total. The molecule has 0 spiro atoms. The lowest BCUT2D eigenvalue weighted by Gasteiger charge is -2.08. The second-order valence-electron chi connectivity index (χ2n) is 6.52. The highest BCUT2D eigenvalue weighted by Gasteiger charge is 2.19. The highest BCUT2D eigenvalue weighted by atomic mass is 35.5. The zero-order chi connectivity index (χ0) is 21.8. The van der Waals surface area contributed by atoms with E-state index in [9.17, 15) is 18.8 Å². The lowest BCUT2D eigenvalue weighted by Crippen LogP contribution is -2.26. The Balaban J connectivity index is 1.67. The maximum atomic E-state index is 13.8. The molecule has 2 aromatic carbocycles. The summed E-state index contributed by atoms with van der Waals surface area (Å²) < 4.78 is 21.7. The van der Waals surface area contributed by atoms with E-state index < -0.39 is 36.3 Å². The number of hydrogen-bond acceptors (Lipinski definition) is 4. The smallest absolute Gasteiger partial charge is 0.310 e. The Hall–Kier alpha value is -3.39. The third-order valence-electron chi connectivity index (χ3n) is 4.57. The number of carbonyl (C=O) groups is 2. The van der Waals surface area contributed by atoms with Crippen LogP contribution >= 0.6 is 11.6 Å². The Bertz CT molecular complexity index is 1130. The molecule has 0 fully saturated rings. The van der Waals surface area contributed by atoms with Crippen molar-refractivity contribution in [1.82, 2.24) is 9.36 Å². The van der Waals surface area contributed by atoms with Crippen LogP contribution in [0.15, 0.2) is 53.3 Å². The predicted molar refractivity (Wildman–Crippen MR) is 110 cm³/mol. The second kappa shape index (κ2) is 8.96. The normalized spacial score (nSPS) is 10.7. The molecule has 0 aliphatic heterocycles. The van der Waals surface area contributed by atoms with E-state index in [0.717, 1.165) is 0 Å². The molecule has 0 radical (unpaired) electrons. The van der Waals surface area contributed by atoms with Crippen LogP contribution in [0.25, 0.3) is 5.69 Å². The molecule has 1 amide bonds. The van der Waals surface area contributed by atoms with Gasteiger partial charge in [0, 0.05) is 17.6 Å². The first-order valence-electron chi connectivity index (χ1n) is 9.02. The third kappa shape index (κ3) is 4.44. The van der Waals surface area contributed by atoms with E-state index in [2.05, 4.69) is 5.32 Å². The number of anilines is 1. The van der Waals surface area contributed by atoms with Crippen molar-refractivity contribution in [3.8, 4) is 5.69 Å². The summed E-state index contributed by atoms with van der Waals surface area (Å²) in [5, 5.41) is 2.58. The molecule has 0 unspecified atom stereocenters. The fraction of sp³-hybridized carbons (Fsp3) is 0.190. The van der Waals surface area contributed by atoms with Crippen molar-refractivity contribution in [2.24, 2.45) is 7.05 Å². The number of amides is 1. The number of rotatable bonds is 6. The van der Waals surface area contributed by atoms with Crippen molar-refractivity contribution in [2.45, 2.75) is 13.3 Å². The lowest BCUT2D eigenvalue weighted by atomic mass is 10.1. The summed E-state index contributed by atoms with van der Waals surface area (Å²) in [5.74, 6) is -2.14. The first kappa shape index (κ1) is 21.3. The fourth-order valence-electron chi connectivity index (χ4n) is 2.93. The molecule has 0 saturated carbocycles. The Kier molecular flexibility index (Phi) is 6.37. The molecule has 156 valence electrons. The Morgan fingerprint density at radius 1 is 1.13 bits per heavy atom. The SMILES string of the molecule is Cc1c(NC(=O)COC(=O)Cc2c(F)cccc2Cl)c(=O)n(-c2ccccc2)n1C. The van der Waals surface area contributed by atoms with E-state index in [1.54, 1.807) is 42.9 Å². The average molecular weight is 432 g/mol. The van der Waals surface area contributed by atoms with Crippen LogP contribution in [0.3, 0.4) is 0 Å². The third-order valence-corrected chi connectivity index (χ3v) is 4.92. The maximum absolute atomic E-state index is 13.8. The minimum absolute atomic E-state index is 0.00535. The van der Waals surface area contributed by atoms with E-state index >= 15 is 0 Å². The van der Waals surface area contributed by atoms with E-state index in [4.69, 9.17) is 16.3 Å². The topological polar surface area (TPSA) is 82.3 Å². The molecular formula is C21H19ClFN3O4. The number of aromatic nitrogens is 2. The molecule has 3 aromatic rings. The minimum atomic E-state index is -0.816. The first-order valence-corrected chi connectivity index (χ1v) is 9.39. The van der Waals surface area contributed by atoms with Crippen LogP contribution in [0, 0.1) is 12.7 Å². The Morgan fingerprint density at radius 2 is 1.83 bits per heavy atom. The van der Waals surface area contributed by atoms with Gasteiger partial charge in [0.1, 0.15) is 11.5 Å². The van der Waals surface area contributed by atoms with Crippen LogP contribution in [-0.4, -0.2) is 27.8 Å². The highest BCUT2D eigenvalue weighted by Crippen LogP contribution is 2.20. The van der Waals surface area contributed by atoms with Crippen LogP contribution in [-0.2, 0) is 27.8 Å². The van der Waals surface area contributed by atoms with Gasteiger partial charge in [0.15, 0.2) is 6.61 Å². The molecule has 0 bridgehead atoms. The average Bonchev–Trinajstić information content (AvgIpc) is 2.93. The molecule has 3 rings (SSSR count). The standard InChI is InChI=1S/C21H19ClFN3O4/c1-13-20(21(29)26(25(13)2)14-7-4-3-5-8-14)24-18(27)12-30-19(28)11-15-16(22)9-6-10-17(15)23/h3-10H,11-12H2,1-2H3,(H,24,27). The first-order chi connectivity index (χ1) is 14.3. The molecular weight excluding hydrogens is 413 g/mol. The van der Waals surface area contributed by atoms with Gasteiger partial charge >= 0.3 is 5.97 Å². The molecule has 1 aromatic heterocycles. The predicted octanol–water partition coefficient (Wildman–Crippen LogP) is 3.00. The number of ether oxygens (including phenoxy) is 1. The van der Waals surface area contributed by atoms with Gasteiger partial charge in [-0.3, -0.25) is 19.1 Å². The van der Waals surface area contributed by atoms with Gasteiger partial charge in [0.25, 0.3) is 11.5 Å². The van der Waals surface area contributed by atoms with Crippen molar-refractivity contribution in [3.05, 3.63) is 81.0 Å². The van der Waals surface area contributed by atoms with Crippen LogP contribution in [0.5, 0.6) is 0 Å². The van der Waals surface area contributed by atoms with Gasteiger partial charge in [-0.25, -0.2) is 9.07 Å². The summed E-state index contributed by atoms with van der Waals surface area (Å²) in [7, 11) is 1.69. The minimum Gasteiger partial charge on any atom is -0.455 e. The monoisotopic (exact) mass is 431 g/mol. The summed E-state index contributed by atoms with van der Waals surface area (Å²) in [6.45, 7) is 1.06. The molecule has 0 atom stereocenters. The zero-order valence-electron chi connectivity index (χ0n) is 16.3. The maximum Gasteiger partial charge on any atom is 0.310 e. The largest absolute Gasteiger partial charge is 0.455 e. The number of nitrogens with one attached hydrogen (secondary N) is 1. The second-order valence-corrected chi connectivity index (χ2v) is 6.93. The van der Waals surface area contributed by atoms with Crippen molar-refractivity contribution < 1.29 is 18.7 Å². The molecule has 0 aliphatic carbocycles. The molecule has 1 heterocycles. The zero-order valence-corrected chi connectivity index (χ0v) is 17.1. The van der Waals surface area contributed by atoms with Gasteiger partial charge in [-0.05, 0) is 31.2 Å². The Morgan fingerprint density at radius 3 is 2.50 bits per heavy atom. The number of para-hydroxylation sites is 1. The van der Waals surface area contributed by atoms with Gasteiger partial charge in [0.05, 0.1) is 17.8 Å². The fourth-order valence-corrected chi connectivity index (χ4v) is 3.16. The van der Waals surface area contributed by atoms with Crippen molar-refractivity contribution in [2.75, 3.05) is 11.9 Å². The number of esters is 1. The van der Waals surface area contributed by atoms with Gasteiger partial charge in [0.2, 0.25) is 0 Å². The number of carbonyl (C=O) groups excluding carboxylic acids is 2. The van der Waals surface area contributed by atoms with Crippen LogP contribution < -0.4 is 10.9 Å². The molecule has 9 heteroatoms. The van der Waals surface area contributed by atoms with Gasteiger partial charge in [-0.15, -0.1) is 0 Å². The van der Waals surface area contributed by atoms with Crippen molar-refractivity contribution in [1.29, 1.82) is 0 Å². The number of benzene rings is 2. The van der Waals surface area contributed by atoms with Gasteiger partial charge < -0.3 is 10.1 Å². The van der Waals surface area contributed by atoms with Crippen LogP contribution in [0.4, 0.5) is 10.1 Å². The van der Waals surface area contributed by atoms with E-state index in [1.165, 1.54) is 22.9 Å². The quantitative estimate of drug-likeness (QED) is 0.608. The number of nitrogens with zero attached hydrogens (tertiary/aromatic N) is 2. The molecule has 0 aliphatic rings.